The average molecular weight is 419 g/mol. The van der Waals surface area contributed by atoms with Crippen LogP contribution in [0.3, 0.4) is 0 Å². The van der Waals surface area contributed by atoms with E-state index in [1.165, 1.54) is 18.2 Å². The highest BCUT2D eigenvalue weighted by molar-refractivity contribution is 6.71. The number of ether oxygens (including phenoxy) is 1. The molecule has 148 valence electrons. The van der Waals surface area contributed by atoms with Gasteiger partial charge in [0.1, 0.15) is 5.60 Å². The Kier molecular flexibility index (Phi) is 8.32. The summed E-state index contributed by atoms with van der Waals surface area (Å²) in [7, 11) is 0. The summed E-state index contributed by atoms with van der Waals surface area (Å²) in [5, 5.41) is 27.8. The summed E-state index contributed by atoms with van der Waals surface area (Å²) >= 11 is 11.5. The molecule has 0 aliphatic heterocycles. The highest BCUT2D eigenvalue weighted by Crippen LogP contribution is 2.16. The molecule has 0 radical (unpaired) electrons. The van der Waals surface area contributed by atoms with Gasteiger partial charge in [-0.3, -0.25) is 4.79 Å². The molecule has 11 heteroatoms. The van der Waals surface area contributed by atoms with E-state index < -0.39 is 17.6 Å². The molecule has 4 N–H and O–H groups in total. The fraction of sp³-hybridized carbons (Fsp3) is 0.375. The third-order valence-corrected chi connectivity index (χ3v) is 3.51. The topological polar surface area (TPSA) is 133 Å². The van der Waals surface area contributed by atoms with Gasteiger partial charge in [0.15, 0.2) is 10.3 Å². The maximum Gasteiger partial charge on any atom is 0.407 e. The van der Waals surface area contributed by atoms with Crippen molar-refractivity contribution in [1.82, 2.24) is 10.6 Å². The Morgan fingerprint density at radius 3 is 1.85 bits per heavy atom. The lowest BCUT2D eigenvalue weighted by atomic mass is 10.1. The van der Waals surface area contributed by atoms with Gasteiger partial charge in [-0.2, -0.15) is 0 Å². The standard InChI is InChI=1S/C16H20Cl2N4O5/c1-16(2,3)27-15(24)20-5-4-19-14(23)11-7-9(12(17)21-25)6-10(8-11)13(18)22-26/h6-8,25-26H,4-5H2,1-3H3,(H,19,23)(H,20,24). The molecule has 0 fully saturated rings. The van der Waals surface area contributed by atoms with Crippen LogP contribution in [0.5, 0.6) is 0 Å². The molecule has 0 saturated heterocycles. The van der Waals surface area contributed by atoms with Crippen LogP contribution in [-0.4, -0.2) is 51.4 Å². The normalized spacial score (nSPS) is 12.5. The van der Waals surface area contributed by atoms with Crippen LogP contribution in [0.15, 0.2) is 28.5 Å². The van der Waals surface area contributed by atoms with Crippen LogP contribution in [0.25, 0.3) is 0 Å². The fourth-order valence-electron chi connectivity index (χ4n) is 1.87. The average Bonchev–Trinajstić information content (AvgIpc) is 2.61. The van der Waals surface area contributed by atoms with Gasteiger partial charge in [0.05, 0.1) is 0 Å². The van der Waals surface area contributed by atoms with Crippen molar-refractivity contribution in [3.63, 3.8) is 0 Å². The highest BCUT2D eigenvalue weighted by Gasteiger charge is 2.16. The van der Waals surface area contributed by atoms with E-state index in [0.717, 1.165) is 0 Å². The Labute approximate surface area is 166 Å². The minimum absolute atomic E-state index is 0.126. The van der Waals surface area contributed by atoms with Crippen molar-refractivity contribution in [3.8, 4) is 0 Å². The Morgan fingerprint density at radius 1 is 0.963 bits per heavy atom. The number of carbonyl (C=O) groups is 2. The zero-order valence-electron chi connectivity index (χ0n) is 14.9. The zero-order valence-corrected chi connectivity index (χ0v) is 16.4. The lowest BCUT2D eigenvalue weighted by molar-refractivity contribution is 0.0526. The predicted molar refractivity (Wildman–Crippen MR) is 101 cm³/mol. The van der Waals surface area contributed by atoms with E-state index in [1.807, 2.05) is 0 Å². The Balaban J connectivity index is 2.78. The largest absolute Gasteiger partial charge is 0.444 e. The molecule has 1 aromatic rings. The van der Waals surface area contributed by atoms with Crippen molar-refractivity contribution in [2.45, 2.75) is 26.4 Å². The quantitative estimate of drug-likeness (QED) is 0.244. The number of hydrogen-bond acceptors (Lipinski definition) is 7. The lowest BCUT2D eigenvalue weighted by Crippen LogP contribution is -2.37. The van der Waals surface area contributed by atoms with Gasteiger partial charge in [0.25, 0.3) is 5.91 Å². The molecule has 1 rings (SSSR count). The fourth-order valence-corrected chi connectivity index (χ4v) is 2.09. The molecule has 0 unspecified atom stereocenters. The number of oxime groups is 2. The van der Waals surface area contributed by atoms with Gasteiger partial charge in [0, 0.05) is 29.8 Å². The first kappa shape index (κ1) is 22.5. The van der Waals surface area contributed by atoms with Crippen LogP contribution >= 0.6 is 23.2 Å². The first-order valence-corrected chi connectivity index (χ1v) is 8.49. The zero-order chi connectivity index (χ0) is 20.6. The molecule has 0 aliphatic carbocycles. The van der Waals surface area contributed by atoms with E-state index in [4.69, 9.17) is 38.4 Å². The number of halogens is 2. The summed E-state index contributed by atoms with van der Waals surface area (Å²) < 4.78 is 5.07. The molecule has 1 aromatic carbocycles. The number of nitrogens with zero attached hydrogens (tertiary/aromatic N) is 2. The van der Waals surface area contributed by atoms with Crippen LogP contribution in [-0.2, 0) is 4.74 Å². The minimum Gasteiger partial charge on any atom is -0.444 e. The first-order valence-electron chi connectivity index (χ1n) is 7.73. The van der Waals surface area contributed by atoms with E-state index in [9.17, 15) is 9.59 Å². The second kappa shape index (κ2) is 9.98. The molecular formula is C16H20Cl2N4O5. The number of alkyl carbamates (subject to hydrolysis) is 1. The van der Waals surface area contributed by atoms with Gasteiger partial charge in [-0.25, -0.2) is 4.79 Å². The minimum atomic E-state index is -0.620. The van der Waals surface area contributed by atoms with Crippen molar-refractivity contribution < 1.29 is 24.7 Å². The van der Waals surface area contributed by atoms with Gasteiger partial charge >= 0.3 is 6.09 Å². The van der Waals surface area contributed by atoms with E-state index in [2.05, 4.69) is 20.9 Å². The van der Waals surface area contributed by atoms with Gasteiger partial charge in [0.2, 0.25) is 0 Å². The molecule has 0 spiro atoms. The highest BCUT2D eigenvalue weighted by atomic mass is 35.5. The molecule has 0 saturated carbocycles. The predicted octanol–water partition coefficient (Wildman–Crippen LogP) is 2.69. The Hall–Kier alpha value is -2.52. The van der Waals surface area contributed by atoms with Gasteiger partial charge < -0.3 is 25.8 Å². The smallest absolute Gasteiger partial charge is 0.407 e. The van der Waals surface area contributed by atoms with Crippen LogP contribution in [0, 0.1) is 0 Å². The molecular weight excluding hydrogens is 399 g/mol. The summed E-state index contributed by atoms with van der Waals surface area (Å²) in [6.45, 7) is 5.48. The second-order valence-corrected chi connectivity index (χ2v) is 6.98. The summed E-state index contributed by atoms with van der Waals surface area (Å²) in [5.74, 6) is -0.506. The van der Waals surface area contributed by atoms with Gasteiger partial charge in [-0.1, -0.05) is 33.5 Å². The van der Waals surface area contributed by atoms with Gasteiger partial charge in [-0.15, -0.1) is 0 Å². The van der Waals surface area contributed by atoms with Crippen molar-refractivity contribution >= 4 is 45.5 Å². The van der Waals surface area contributed by atoms with Crippen LogP contribution < -0.4 is 10.6 Å². The molecule has 0 bridgehead atoms. The van der Waals surface area contributed by atoms with Crippen LogP contribution in [0.1, 0.15) is 42.3 Å². The Bertz CT molecular complexity index is 723. The number of hydrogen-bond donors (Lipinski definition) is 4. The summed E-state index contributed by atoms with van der Waals surface area (Å²) in [6.07, 6.45) is -0.599. The monoisotopic (exact) mass is 418 g/mol. The SMILES string of the molecule is CC(C)(C)OC(=O)NCCNC(=O)c1cc(C(Cl)=NO)cc(C(Cl)=NO)c1. The second-order valence-electron chi connectivity index (χ2n) is 6.27. The van der Waals surface area contributed by atoms with Crippen LogP contribution in [0.4, 0.5) is 4.79 Å². The number of rotatable bonds is 6. The third kappa shape index (κ3) is 7.71. The maximum atomic E-state index is 12.3. The molecule has 0 aromatic heterocycles. The first-order chi connectivity index (χ1) is 12.6. The maximum absolute atomic E-state index is 12.3. The number of benzene rings is 1. The van der Waals surface area contributed by atoms with Crippen molar-refractivity contribution in [2.24, 2.45) is 10.3 Å². The molecule has 0 heterocycles. The molecule has 0 aliphatic rings. The third-order valence-electron chi connectivity index (χ3n) is 2.93. The summed E-state index contributed by atoms with van der Waals surface area (Å²) in [4.78, 5) is 23.8. The van der Waals surface area contributed by atoms with Crippen molar-refractivity contribution in [1.29, 1.82) is 0 Å². The summed E-state index contributed by atoms with van der Waals surface area (Å²) in [6, 6.07) is 4.11. The van der Waals surface area contributed by atoms with E-state index >= 15 is 0 Å². The van der Waals surface area contributed by atoms with E-state index in [1.54, 1.807) is 20.8 Å². The van der Waals surface area contributed by atoms with Crippen molar-refractivity contribution in [2.75, 3.05) is 13.1 Å². The Morgan fingerprint density at radius 2 is 1.41 bits per heavy atom. The van der Waals surface area contributed by atoms with Crippen LogP contribution in [0.2, 0.25) is 0 Å². The van der Waals surface area contributed by atoms with E-state index in [0.29, 0.717) is 0 Å². The van der Waals surface area contributed by atoms with E-state index in [-0.39, 0.29) is 40.1 Å². The van der Waals surface area contributed by atoms with Gasteiger partial charge in [-0.05, 0) is 39.0 Å². The number of carbonyl (C=O) groups excluding carboxylic acids is 2. The number of nitrogens with one attached hydrogen (secondary N) is 2. The van der Waals surface area contributed by atoms with Crippen molar-refractivity contribution in [3.05, 3.63) is 34.9 Å². The summed E-state index contributed by atoms with van der Waals surface area (Å²) in [5.41, 5.74) is -0.111. The molecule has 2 amide bonds. The number of amides is 2. The molecule has 0 atom stereocenters. The molecule has 9 nitrogen and oxygen atoms in total. The lowest BCUT2D eigenvalue weighted by Gasteiger charge is -2.19. The molecule has 27 heavy (non-hydrogen) atoms.